The van der Waals surface area contributed by atoms with Crippen LogP contribution in [0.1, 0.15) is 44.7 Å². The molecule has 1 fully saturated rings. The first-order valence-corrected chi connectivity index (χ1v) is 9.13. The molecule has 1 saturated heterocycles. The summed E-state index contributed by atoms with van der Waals surface area (Å²) in [5.41, 5.74) is 1.07. The first kappa shape index (κ1) is 17.1. The van der Waals surface area contributed by atoms with E-state index < -0.39 is 0 Å². The minimum Gasteiger partial charge on any atom is -0.493 e. The Morgan fingerprint density at radius 3 is 2.71 bits per heavy atom. The van der Waals surface area contributed by atoms with Crippen molar-refractivity contribution in [2.45, 2.75) is 45.2 Å². The van der Waals surface area contributed by atoms with E-state index in [0.717, 1.165) is 50.2 Å². The van der Waals surface area contributed by atoms with E-state index in [1.165, 1.54) is 0 Å². The highest BCUT2D eigenvalue weighted by atomic mass is 16.5. The Morgan fingerprint density at radius 2 is 1.96 bits per heavy atom. The predicted molar refractivity (Wildman–Crippen MR) is 95.3 cm³/mol. The van der Waals surface area contributed by atoms with Gasteiger partial charge in [-0.25, -0.2) is 4.79 Å². The zero-order valence-electron chi connectivity index (χ0n) is 14.8. The number of nitrogens with one attached hydrogen (secondary N) is 2. The van der Waals surface area contributed by atoms with Gasteiger partial charge in [-0.3, -0.25) is 0 Å². The van der Waals surface area contributed by atoms with Crippen molar-refractivity contribution in [2.24, 2.45) is 5.92 Å². The molecule has 0 bridgehead atoms. The molecule has 0 aliphatic carbocycles. The third kappa shape index (κ3) is 4.41. The van der Waals surface area contributed by atoms with Gasteiger partial charge in [0.05, 0.1) is 12.6 Å². The number of hydrogen-bond donors (Lipinski definition) is 2. The molecule has 2 amide bonds. The third-order valence-corrected chi connectivity index (χ3v) is 4.81. The Kier molecular flexibility index (Phi) is 5.61. The van der Waals surface area contributed by atoms with Gasteiger partial charge in [0.2, 0.25) is 0 Å². The fraction of sp³-hybridized carbons (Fsp3) is 0.632. The van der Waals surface area contributed by atoms with Gasteiger partial charge >= 0.3 is 6.03 Å². The number of hydrogen-bond acceptors (Lipinski definition) is 3. The Bertz CT molecular complexity index is 553. The second-order valence-corrected chi connectivity index (χ2v) is 7.31. The average Bonchev–Trinajstić information content (AvgIpc) is 2.56. The number of piperidine rings is 1. The van der Waals surface area contributed by atoms with Crippen molar-refractivity contribution in [3.05, 3.63) is 29.8 Å². The molecule has 1 aromatic carbocycles. The lowest BCUT2D eigenvalue weighted by molar-refractivity contribution is 0.176. The van der Waals surface area contributed by atoms with Gasteiger partial charge in [0.1, 0.15) is 5.75 Å². The van der Waals surface area contributed by atoms with Gasteiger partial charge in [-0.2, -0.15) is 0 Å². The van der Waals surface area contributed by atoms with Crippen LogP contribution in [0.2, 0.25) is 0 Å². The highest BCUT2D eigenvalue weighted by Gasteiger charge is 2.25. The maximum atomic E-state index is 12.4. The van der Waals surface area contributed by atoms with E-state index in [-0.39, 0.29) is 18.1 Å². The summed E-state index contributed by atoms with van der Waals surface area (Å²) in [6, 6.07) is 8.21. The van der Waals surface area contributed by atoms with Crippen molar-refractivity contribution in [1.29, 1.82) is 0 Å². The lowest BCUT2D eigenvalue weighted by Crippen LogP contribution is -2.49. The highest BCUT2D eigenvalue weighted by molar-refractivity contribution is 5.75. The molecule has 3 rings (SSSR count). The zero-order valence-corrected chi connectivity index (χ0v) is 14.8. The monoisotopic (exact) mass is 331 g/mol. The third-order valence-electron chi connectivity index (χ3n) is 4.81. The highest BCUT2D eigenvalue weighted by Crippen LogP contribution is 2.31. The maximum absolute atomic E-state index is 12.4. The largest absolute Gasteiger partial charge is 0.493 e. The molecule has 0 aromatic heterocycles. The quantitative estimate of drug-likeness (QED) is 0.892. The molecule has 5 heteroatoms. The van der Waals surface area contributed by atoms with Crippen LogP contribution < -0.4 is 15.4 Å². The van der Waals surface area contributed by atoms with Crippen molar-refractivity contribution >= 4 is 6.03 Å². The van der Waals surface area contributed by atoms with E-state index in [0.29, 0.717) is 12.5 Å². The zero-order chi connectivity index (χ0) is 16.9. The predicted octanol–water partition coefficient (Wildman–Crippen LogP) is 2.93. The number of ether oxygens (including phenoxy) is 1. The minimum atomic E-state index is -0.0565. The molecule has 2 heterocycles. The summed E-state index contributed by atoms with van der Waals surface area (Å²) < 4.78 is 5.65. The first-order chi connectivity index (χ1) is 11.6. The number of amides is 2. The van der Waals surface area contributed by atoms with Crippen LogP contribution in [0.25, 0.3) is 0 Å². The van der Waals surface area contributed by atoms with E-state index in [9.17, 15) is 4.79 Å². The molecule has 5 nitrogen and oxygen atoms in total. The number of fused-ring (bicyclic) bond motifs is 1. The van der Waals surface area contributed by atoms with Gasteiger partial charge < -0.3 is 20.3 Å². The Labute approximate surface area is 144 Å². The van der Waals surface area contributed by atoms with Gasteiger partial charge in [-0.1, -0.05) is 32.0 Å². The van der Waals surface area contributed by atoms with E-state index in [2.05, 4.69) is 29.4 Å². The van der Waals surface area contributed by atoms with Gasteiger partial charge in [-0.15, -0.1) is 0 Å². The van der Waals surface area contributed by atoms with Gasteiger partial charge in [-0.05, 0) is 24.8 Å². The number of nitrogens with zero attached hydrogens (tertiary/aromatic N) is 1. The molecule has 1 atom stereocenters. The molecule has 0 radical (unpaired) electrons. The maximum Gasteiger partial charge on any atom is 0.315 e. The molecular formula is C19H29N3O2. The molecule has 1 aromatic rings. The Morgan fingerprint density at radius 1 is 1.21 bits per heavy atom. The molecular weight excluding hydrogens is 302 g/mol. The SMILES string of the molecule is CC(C)CN1CCC(NC(=O)N[C@H]2CCOc3ccccc32)CC1. The Hall–Kier alpha value is -1.75. The van der Waals surface area contributed by atoms with Crippen molar-refractivity contribution in [2.75, 3.05) is 26.2 Å². The van der Waals surface area contributed by atoms with Crippen LogP contribution in [-0.2, 0) is 0 Å². The van der Waals surface area contributed by atoms with E-state index in [1.807, 2.05) is 24.3 Å². The number of carbonyl (C=O) groups is 1. The van der Waals surface area contributed by atoms with Crippen molar-refractivity contribution in [1.82, 2.24) is 15.5 Å². The van der Waals surface area contributed by atoms with Crippen molar-refractivity contribution in [3.63, 3.8) is 0 Å². The molecule has 0 saturated carbocycles. The summed E-state index contributed by atoms with van der Waals surface area (Å²) in [6.07, 6.45) is 2.88. The summed E-state index contributed by atoms with van der Waals surface area (Å²) in [7, 11) is 0. The van der Waals surface area contributed by atoms with Crippen LogP contribution in [0.5, 0.6) is 5.75 Å². The summed E-state index contributed by atoms with van der Waals surface area (Å²) in [5, 5.41) is 6.28. The number of carbonyl (C=O) groups excluding carboxylic acids is 1. The molecule has 0 unspecified atom stereocenters. The average molecular weight is 331 g/mol. The minimum absolute atomic E-state index is 0.0379. The van der Waals surface area contributed by atoms with Crippen LogP contribution >= 0.6 is 0 Å². The normalized spacial score (nSPS) is 21.9. The lowest BCUT2D eigenvalue weighted by atomic mass is 10.0. The summed E-state index contributed by atoms with van der Waals surface area (Å²) in [5.74, 6) is 1.59. The van der Waals surface area contributed by atoms with Crippen LogP contribution in [0, 0.1) is 5.92 Å². The van der Waals surface area contributed by atoms with Gasteiger partial charge in [0.25, 0.3) is 0 Å². The fourth-order valence-corrected chi connectivity index (χ4v) is 3.65. The topological polar surface area (TPSA) is 53.6 Å². The standard InChI is InChI=1S/C19H29N3O2/c1-14(2)13-22-10-7-15(8-11-22)20-19(23)21-17-9-12-24-18-6-4-3-5-16(17)18/h3-6,14-15,17H,7-13H2,1-2H3,(H2,20,21,23)/t17-/m0/s1. The van der Waals surface area contributed by atoms with Crippen LogP contribution in [0.3, 0.4) is 0 Å². The number of benzene rings is 1. The van der Waals surface area contributed by atoms with Crippen LogP contribution in [0.4, 0.5) is 4.79 Å². The molecule has 2 aliphatic heterocycles. The number of urea groups is 1. The summed E-state index contributed by atoms with van der Waals surface area (Å²) in [4.78, 5) is 14.9. The number of rotatable bonds is 4. The number of likely N-dealkylation sites (tertiary alicyclic amines) is 1. The van der Waals surface area contributed by atoms with Gasteiger partial charge in [0.15, 0.2) is 0 Å². The summed E-state index contributed by atoms with van der Waals surface area (Å²) in [6.45, 7) is 8.45. The first-order valence-electron chi connectivity index (χ1n) is 9.13. The molecule has 2 aliphatic rings. The van der Waals surface area contributed by atoms with Crippen LogP contribution in [0.15, 0.2) is 24.3 Å². The smallest absolute Gasteiger partial charge is 0.315 e. The molecule has 0 spiro atoms. The molecule has 24 heavy (non-hydrogen) atoms. The molecule has 132 valence electrons. The summed E-state index contributed by atoms with van der Waals surface area (Å²) >= 11 is 0. The molecule has 2 N–H and O–H groups in total. The van der Waals surface area contributed by atoms with Gasteiger partial charge in [0, 0.05) is 37.7 Å². The van der Waals surface area contributed by atoms with E-state index in [4.69, 9.17) is 4.74 Å². The fourth-order valence-electron chi connectivity index (χ4n) is 3.65. The van der Waals surface area contributed by atoms with E-state index >= 15 is 0 Å². The Balaban J connectivity index is 1.47. The lowest BCUT2D eigenvalue weighted by Gasteiger charge is -2.34. The number of para-hydroxylation sites is 1. The van der Waals surface area contributed by atoms with Crippen molar-refractivity contribution < 1.29 is 9.53 Å². The van der Waals surface area contributed by atoms with Crippen molar-refractivity contribution in [3.8, 4) is 5.75 Å². The van der Waals surface area contributed by atoms with E-state index in [1.54, 1.807) is 0 Å². The second-order valence-electron chi connectivity index (χ2n) is 7.31. The second kappa shape index (κ2) is 7.88. The van der Waals surface area contributed by atoms with Crippen LogP contribution in [-0.4, -0.2) is 43.2 Å².